The van der Waals surface area contributed by atoms with Gasteiger partial charge in [0.05, 0.1) is 31.5 Å². The highest BCUT2D eigenvalue weighted by atomic mass is 16.8. The first-order chi connectivity index (χ1) is 26.8. The summed E-state index contributed by atoms with van der Waals surface area (Å²) in [7, 11) is 0. The maximum atomic E-state index is 12.6. The lowest BCUT2D eigenvalue weighted by Crippen LogP contribution is -2.65. The van der Waals surface area contributed by atoms with E-state index in [0.29, 0.717) is 25.7 Å². The second-order valence-corrected chi connectivity index (χ2v) is 15.0. The number of allylic oxidation sites excluding steroid dienone is 3. The van der Waals surface area contributed by atoms with E-state index in [2.05, 4.69) is 6.58 Å². The van der Waals surface area contributed by atoms with Crippen molar-refractivity contribution >= 4 is 5.97 Å². The Labute approximate surface area is 331 Å². The van der Waals surface area contributed by atoms with Crippen molar-refractivity contribution in [3.8, 4) is 0 Å². The van der Waals surface area contributed by atoms with E-state index >= 15 is 0 Å². The van der Waals surface area contributed by atoms with E-state index in [1.807, 2.05) is 26.0 Å². The van der Waals surface area contributed by atoms with Crippen molar-refractivity contribution in [2.45, 2.75) is 164 Å². The molecular weight excluding hydrogens is 760 g/mol. The summed E-state index contributed by atoms with van der Waals surface area (Å²) in [5.41, 5.74) is 0.778. The number of aliphatic hydroxyl groups excluding tert-OH is 12. The Morgan fingerprint density at radius 1 is 0.702 bits per heavy atom. The second-order valence-electron chi connectivity index (χ2n) is 15.0. The van der Waals surface area contributed by atoms with E-state index in [1.165, 1.54) is 19.1 Å². The van der Waals surface area contributed by atoms with Crippen molar-refractivity contribution in [1.29, 1.82) is 0 Å². The molecule has 0 saturated carbocycles. The highest BCUT2D eigenvalue weighted by Crippen LogP contribution is 2.33. The van der Waals surface area contributed by atoms with Crippen molar-refractivity contribution in [3.05, 3.63) is 47.6 Å². The zero-order chi connectivity index (χ0) is 42.8. The molecule has 0 aromatic heterocycles. The Kier molecular flexibility index (Phi) is 19.3. The van der Waals surface area contributed by atoms with E-state index in [4.69, 9.17) is 28.4 Å². The zero-order valence-electron chi connectivity index (χ0n) is 32.6. The van der Waals surface area contributed by atoms with Gasteiger partial charge in [-0.3, -0.25) is 0 Å². The maximum Gasteiger partial charge on any atom is 0.335 e. The molecule has 3 aliphatic heterocycles. The number of hydrogen-bond donors (Lipinski definition) is 12. The highest BCUT2D eigenvalue weighted by Gasteiger charge is 2.52. The van der Waals surface area contributed by atoms with Gasteiger partial charge < -0.3 is 89.7 Å². The molecule has 3 fully saturated rings. The summed E-state index contributed by atoms with van der Waals surface area (Å²) < 4.78 is 33.4. The molecule has 17 atom stereocenters. The zero-order valence-corrected chi connectivity index (χ0v) is 32.6. The molecule has 0 aromatic carbocycles. The largest absolute Gasteiger partial charge is 0.429 e. The van der Waals surface area contributed by atoms with E-state index in [-0.39, 0.29) is 12.0 Å². The van der Waals surface area contributed by atoms with Crippen LogP contribution in [0.1, 0.15) is 59.8 Å². The van der Waals surface area contributed by atoms with Crippen molar-refractivity contribution < 1.29 is 94.5 Å². The van der Waals surface area contributed by atoms with Crippen LogP contribution in [0.25, 0.3) is 0 Å². The normalized spacial score (nSPS) is 38.7. The smallest absolute Gasteiger partial charge is 0.335 e. The van der Waals surface area contributed by atoms with Crippen LogP contribution in [0.3, 0.4) is 0 Å². The molecular formula is C38H62O19. The average molecular weight is 823 g/mol. The van der Waals surface area contributed by atoms with Gasteiger partial charge >= 0.3 is 5.97 Å². The summed E-state index contributed by atoms with van der Waals surface area (Å²) >= 11 is 0. The summed E-state index contributed by atoms with van der Waals surface area (Å²) in [5, 5.41) is 121. The molecule has 3 saturated heterocycles. The molecule has 12 N–H and O–H groups in total. The Morgan fingerprint density at radius 3 is 1.74 bits per heavy atom. The molecule has 0 aliphatic carbocycles. The predicted octanol–water partition coefficient (Wildman–Crippen LogP) is -2.93. The number of carbonyl (C=O) groups is 1. The molecule has 19 nitrogen and oxygen atoms in total. The van der Waals surface area contributed by atoms with Crippen molar-refractivity contribution in [2.24, 2.45) is 0 Å². The summed E-state index contributed by atoms with van der Waals surface area (Å²) in [6, 6.07) is 0. The Morgan fingerprint density at radius 2 is 1.19 bits per heavy atom. The number of esters is 1. The Hall–Kier alpha value is -2.25. The minimum Gasteiger partial charge on any atom is -0.429 e. The lowest BCUT2D eigenvalue weighted by molar-refractivity contribution is -0.375. The average Bonchev–Trinajstić information content (AvgIpc) is 3.17. The van der Waals surface area contributed by atoms with Crippen molar-refractivity contribution in [1.82, 2.24) is 0 Å². The van der Waals surface area contributed by atoms with Crippen LogP contribution in [0.15, 0.2) is 47.6 Å². The molecule has 0 spiro atoms. The van der Waals surface area contributed by atoms with Gasteiger partial charge in [-0.15, -0.1) is 6.58 Å². The monoisotopic (exact) mass is 822 g/mol. The molecule has 0 amide bonds. The molecule has 3 heterocycles. The van der Waals surface area contributed by atoms with Gasteiger partial charge in [-0.25, -0.2) is 4.79 Å². The second kappa shape index (κ2) is 22.4. The Bertz CT molecular complexity index is 1370. The lowest BCUT2D eigenvalue weighted by Gasteiger charge is -2.47. The third-order valence-electron chi connectivity index (χ3n) is 10.3. The fourth-order valence-electron chi connectivity index (χ4n) is 6.55. The van der Waals surface area contributed by atoms with Crippen LogP contribution < -0.4 is 0 Å². The molecule has 3 aliphatic rings. The maximum absolute atomic E-state index is 12.6. The summed E-state index contributed by atoms with van der Waals surface area (Å²) in [4.78, 5) is 12.6. The number of carbonyl (C=O) groups excluding carboxylic acids is 1. The standard InChI is InChI=1S/C38H62O19/c1-6-38(5,57-37-33(30(48)27(45)24(17-41)54-37)55-35-31(49)28(46)25(43)22(15-39)52-35)12-8-11-18(2)9-7-10-19(3)13-21(42)14-20(4)34(51)56-36-32(50)29(47)26(44)23(16-40)53-36/h6,10-11,14,21-33,35-37,39-50H,1,7-9,12-13,15-17H2,2-5H3. The van der Waals surface area contributed by atoms with Crippen molar-refractivity contribution in [2.75, 3.05) is 19.8 Å². The van der Waals surface area contributed by atoms with Crippen LogP contribution in [0.4, 0.5) is 0 Å². The Balaban J connectivity index is 1.54. The SMILES string of the molecule is C=CC(C)(CCC=C(C)CCC=C(C)CC(O)C=C(C)C(=O)OC1OC(CO)C(O)C(O)C1O)OC1OC(CO)C(O)C(O)C1OC1OC(CO)C(O)C(O)C1O. The van der Waals surface area contributed by atoms with Crippen LogP contribution in [0.2, 0.25) is 0 Å². The van der Waals surface area contributed by atoms with Gasteiger partial charge in [0.15, 0.2) is 12.6 Å². The van der Waals surface area contributed by atoms with Crippen LogP contribution in [0, 0.1) is 0 Å². The third kappa shape index (κ3) is 13.1. The van der Waals surface area contributed by atoms with Crippen LogP contribution >= 0.6 is 0 Å². The first kappa shape index (κ1) is 49.1. The van der Waals surface area contributed by atoms with Gasteiger partial charge in [0, 0.05) is 5.57 Å². The van der Waals surface area contributed by atoms with E-state index in [1.54, 1.807) is 6.92 Å². The van der Waals surface area contributed by atoms with Crippen LogP contribution in [-0.2, 0) is 33.2 Å². The third-order valence-corrected chi connectivity index (χ3v) is 10.3. The first-order valence-electron chi connectivity index (χ1n) is 18.9. The van der Waals surface area contributed by atoms with Crippen LogP contribution in [-0.4, -0.2) is 191 Å². The van der Waals surface area contributed by atoms with E-state index in [0.717, 1.165) is 11.1 Å². The molecule has 328 valence electrons. The fourth-order valence-corrected chi connectivity index (χ4v) is 6.55. The molecule has 17 unspecified atom stereocenters. The molecule has 0 bridgehead atoms. The lowest BCUT2D eigenvalue weighted by atomic mass is 9.95. The predicted molar refractivity (Wildman–Crippen MR) is 196 cm³/mol. The molecule has 0 radical (unpaired) electrons. The number of rotatable bonds is 19. The number of hydrogen-bond acceptors (Lipinski definition) is 19. The summed E-state index contributed by atoms with van der Waals surface area (Å²) in [6.45, 7) is 8.64. The number of ether oxygens (including phenoxy) is 6. The first-order valence-corrected chi connectivity index (χ1v) is 18.9. The van der Waals surface area contributed by atoms with Gasteiger partial charge in [0.1, 0.15) is 73.2 Å². The fraction of sp³-hybridized carbons (Fsp3) is 0.763. The van der Waals surface area contributed by atoms with Gasteiger partial charge in [-0.1, -0.05) is 29.4 Å². The number of aliphatic hydroxyl groups is 12. The molecule has 57 heavy (non-hydrogen) atoms. The van der Waals surface area contributed by atoms with Gasteiger partial charge in [0.2, 0.25) is 6.29 Å². The van der Waals surface area contributed by atoms with Crippen LogP contribution in [0.5, 0.6) is 0 Å². The minimum atomic E-state index is -1.81. The summed E-state index contributed by atoms with van der Waals surface area (Å²) in [5.74, 6) is -0.933. The highest BCUT2D eigenvalue weighted by molar-refractivity contribution is 5.87. The topological polar surface area (TPSA) is 315 Å². The molecule has 3 rings (SSSR count). The van der Waals surface area contributed by atoms with E-state index < -0.39 is 130 Å². The quantitative estimate of drug-likeness (QED) is 0.0352. The van der Waals surface area contributed by atoms with Gasteiger partial charge in [0.25, 0.3) is 0 Å². The van der Waals surface area contributed by atoms with Gasteiger partial charge in [-0.05, 0) is 65.9 Å². The van der Waals surface area contributed by atoms with Gasteiger partial charge in [-0.2, -0.15) is 0 Å². The molecule has 19 heteroatoms. The van der Waals surface area contributed by atoms with Crippen molar-refractivity contribution in [3.63, 3.8) is 0 Å². The summed E-state index contributed by atoms with van der Waals surface area (Å²) in [6.07, 6.45) is -15.7. The van der Waals surface area contributed by atoms with E-state index in [9.17, 15) is 66.1 Å². The minimum absolute atomic E-state index is 0.00965. The molecule has 0 aromatic rings.